The number of fused-ring (bicyclic) bond motifs is 1. The lowest BCUT2D eigenvalue weighted by atomic mass is 10.0. The number of carbonyl (C=O) groups is 1. The highest BCUT2D eigenvalue weighted by Gasteiger charge is 2.19. The van der Waals surface area contributed by atoms with Gasteiger partial charge in [-0.05, 0) is 43.7 Å². The van der Waals surface area contributed by atoms with Gasteiger partial charge in [-0.1, -0.05) is 40.2 Å². The number of halogens is 1. The van der Waals surface area contributed by atoms with Crippen molar-refractivity contribution in [2.45, 2.75) is 26.4 Å². The molecule has 0 atom stereocenters. The van der Waals surface area contributed by atoms with E-state index >= 15 is 0 Å². The first-order chi connectivity index (χ1) is 8.37. The highest BCUT2D eigenvalue weighted by atomic mass is 79.9. The van der Waals surface area contributed by atoms with Crippen molar-refractivity contribution in [3.63, 3.8) is 0 Å². The first-order valence-corrected chi connectivity index (χ1v) is 6.58. The molecular formula is C15H15BrO2. The molecule has 2 aromatic carbocycles. The minimum Gasteiger partial charge on any atom is -0.456 e. The minimum absolute atomic E-state index is 0.292. The topological polar surface area (TPSA) is 26.3 Å². The van der Waals surface area contributed by atoms with Gasteiger partial charge in [0.05, 0.1) is 5.56 Å². The Balaban J connectivity index is 2.53. The number of esters is 1. The first-order valence-electron chi connectivity index (χ1n) is 5.78. The standard InChI is InChI=1S/C15H15BrO2/c1-15(2,3)18-14(17)13-9-11(16)8-10-6-4-5-7-12(10)13/h4-9H,1-3H3. The lowest BCUT2D eigenvalue weighted by molar-refractivity contribution is 0.00718. The Hall–Kier alpha value is -1.35. The van der Waals surface area contributed by atoms with Crippen LogP contribution < -0.4 is 0 Å². The number of rotatable bonds is 1. The van der Waals surface area contributed by atoms with Crippen molar-refractivity contribution in [1.82, 2.24) is 0 Å². The molecule has 3 heteroatoms. The van der Waals surface area contributed by atoms with Gasteiger partial charge in [-0.25, -0.2) is 4.79 Å². The fourth-order valence-corrected chi connectivity index (χ4v) is 2.25. The molecular weight excluding hydrogens is 292 g/mol. The summed E-state index contributed by atoms with van der Waals surface area (Å²) in [4.78, 5) is 12.2. The van der Waals surface area contributed by atoms with Crippen LogP contribution in [0.15, 0.2) is 40.9 Å². The number of ether oxygens (including phenoxy) is 1. The van der Waals surface area contributed by atoms with E-state index in [4.69, 9.17) is 4.74 Å². The molecule has 0 aliphatic rings. The Morgan fingerprint density at radius 2 is 1.83 bits per heavy atom. The Bertz CT molecular complexity index is 597. The van der Waals surface area contributed by atoms with Gasteiger partial charge >= 0.3 is 5.97 Å². The molecule has 0 fully saturated rings. The molecule has 0 radical (unpaired) electrons. The van der Waals surface area contributed by atoms with E-state index in [-0.39, 0.29) is 5.97 Å². The summed E-state index contributed by atoms with van der Waals surface area (Å²) in [5, 5.41) is 1.93. The molecule has 0 aliphatic heterocycles. The zero-order valence-corrected chi connectivity index (χ0v) is 12.2. The van der Waals surface area contributed by atoms with Gasteiger partial charge in [0.25, 0.3) is 0 Å². The van der Waals surface area contributed by atoms with Crippen LogP contribution in [-0.4, -0.2) is 11.6 Å². The molecule has 2 aromatic rings. The van der Waals surface area contributed by atoms with Gasteiger partial charge in [0.2, 0.25) is 0 Å². The summed E-state index contributed by atoms with van der Waals surface area (Å²) in [5.74, 6) is -0.292. The van der Waals surface area contributed by atoms with E-state index in [2.05, 4.69) is 15.9 Å². The largest absolute Gasteiger partial charge is 0.456 e. The molecule has 0 saturated carbocycles. The molecule has 0 aromatic heterocycles. The van der Waals surface area contributed by atoms with E-state index in [1.807, 2.05) is 51.1 Å². The molecule has 0 N–H and O–H groups in total. The second-order valence-electron chi connectivity index (χ2n) is 5.18. The van der Waals surface area contributed by atoms with Crippen molar-refractivity contribution in [3.05, 3.63) is 46.4 Å². The third-order valence-electron chi connectivity index (χ3n) is 2.45. The van der Waals surface area contributed by atoms with Crippen LogP contribution in [0.5, 0.6) is 0 Å². The second kappa shape index (κ2) is 4.73. The molecule has 0 saturated heterocycles. The maximum atomic E-state index is 12.2. The van der Waals surface area contributed by atoms with Crippen molar-refractivity contribution in [3.8, 4) is 0 Å². The van der Waals surface area contributed by atoms with Gasteiger partial charge < -0.3 is 4.74 Å². The third kappa shape index (κ3) is 2.91. The summed E-state index contributed by atoms with van der Waals surface area (Å²) in [5.41, 5.74) is 0.107. The van der Waals surface area contributed by atoms with Crippen LogP contribution in [0.4, 0.5) is 0 Å². The molecule has 18 heavy (non-hydrogen) atoms. The summed E-state index contributed by atoms with van der Waals surface area (Å²) < 4.78 is 6.30. The van der Waals surface area contributed by atoms with Crippen molar-refractivity contribution >= 4 is 32.7 Å². The lowest BCUT2D eigenvalue weighted by Crippen LogP contribution is -2.24. The average molecular weight is 307 g/mol. The van der Waals surface area contributed by atoms with Gasteiger partial charge in [-0.15, -0.1) is 0 Å². The Morgan fingerprint density at radius 3 is 2.50 bits per heavy atom. The van der Waals surface area contributed by atoms with Gasteiger partial charge in [-0.3, -0.25) is 0 Å². The second-order valence-corrected chi connectivity index (χ2v) is 6.09. The number of hydrogen-bond acceptors (Lipinski definition) is 2. The Morgan fingerprint density at radius 1 is 1.17 bits per heavy atom. The Labute approximate surface area is 115 Å². The number of carbonyl (C=O) groups excluding carboxylic acids is 1. The van der Waals surface area contributed by atoms with Gasteiger partial charge in [0.1, 0.15) is 5.60 Å². The van der Waals surface area contributed by atoms with Crippen LogP contribution in [0.3, 0.4) is 0 Å². The number of benzene rings is 2. The molecule has 0 spiro atoms. The van der Waals surface area contributed by atoms with Crippen LogP contribution in [0.25, 0.3) is 10.8 Å². The predicted molar refractivity (Wildman–Crippen MR) is 76.8 cm³/mol. The summed E-state index contributed by atoms with van der Waals surface area (Å²) in [6, 6.07) is 11.6. The molecule has 0 bridgehead atoms. The van der Waals surface area contributed by atoms with Crippen LogP contribution >= 0.6 is 15.9 Å². The third-order valence-corrected chi connectivity index (χ3v) is 2.90. The van der Waals surface area contributed by atoms with E-state index in [1.54, 1.807) is 6.07 Å². The van der Waals surface area contributed by atoms with E-state index in [1.165, 1.54) is 0 Å². The first kappa shape index (κ1) is 13.1. The Kier molecular flexibility index (Phi) is 3.44. The minimum atomic E-state index is -0.486. The quantitative estimate of drug-likeness (QED) is 0.722. The molecule has 2 rings (SSSR count). The summed E-state index contributed by atoms with van der Waals surface area (Å²) >= 11 is 3.42. The number of hydrogen-bond donors (Lipinski definition) is 0. The van der Waals surface area contributed by atoms with Gasteiger partial charge in [0.15, 0.2) is 0 Å². The van der Waals surface area contributed by atoms with E-state index in [0.717, 1.165) is 15.2 Å². The fourth-order valence-electron chi connectivity index (χ4n) is 1.78. The van der Waals surface area contributed by atoms with Crippen molar-refractivity contribution in [2.75, 3.05) is 0 Å². The highest BCUT2D eigenvalue weighted by Crippen LogP contribution is 2.26. The SMILES string of the molecule is CC(C)(C)OC(=O)c1cc(Br)cc2ccccc12. The summed E-state index contributed by atoms with van der Waals surface area (Å²) in [7, 11) is 0. The van der Waals surface area contributed by atoms with E-state index < -0.39 is 5.60 Å². The summed E-state index contributed by atoms with van der Waals surface area (Å²) in [6.45, 7) is 5.60. The van der Waals surface area contributed by atoms with Crippen molar-refractivity contribution in [2.24, 2.45) is 0 Å². The zero-order chi connectivity index (χ0) is 13.3. The normalized spacial score (nSPS) is 11.6. The van der Waals surface area contributed by atoms with Crippen molar-refractivity contribution in [1.29, 1.82) is 0 Å². The molecule has 0 aliphatic carbocycles. The van der Waals surface area contributed by atoms with Crippen molar-refractivity contribution < 1.29 is 9.53 Å². The summed E-state index contributed by atoms with van der Waals surface area (Å²) in [6.07, 6.45) is 0. The van der Waals surface area contributed by atoms with E-state index in [9.17, 15) is 4.79 Å². The van der Waals surface area contributed by atoms with Crippen LogP contribution in [-0.2, 0) is 4.74 Å². The van der Waals surface area contributed by atoms with Gasteiger partial charge in [0, 0.05) is 4.47 Å². The maximum absolute atomic E-state index is 12.2. The molecule has 0 unspecified atom stereocenters. The molecule has 94 valence electrons. The molecule has 0 amide bonds. The predicted octanol–water partition coefficient (Wildman–Crippen LogP) is 4.56. The lowest BCUT2D eigenvalue weighted by Gasteiger charge is -2.20. The fraction of sp³-hybridized carbons (Fsp3) is 0.267. The molecule has 0 heterocycles. The van der Waals surface area contributed by atoms with E-state index in [0.29, 0.717) is 5.56 Å². The van der Waals surface area contributed by atoms with Crippen LogP contribution in [0.2, 0.25) is 0 Å². The molecule has 2 nitrogen and oxygen atoms in total. The van der Waals surface area contributed by atoms with Gasteiger partial charge in [-0.2, -0.15) is 0 Å². The van der Waals surface area contributed by atoms with Crippen LogP contribution in [0.1, 0.15) is 31.1 Å². The smallest absolute Gasteiger partial charge is 0.339 e. The maximum Gasteiger partial charge on any atom is 0.339 e. The zero-order valence-electron chi connectivity index (χ0n) is 10.7. The average Bonchev–Trinajstić information content (AvgIpc) is 2.25. The van der Waals surface area contributed by atoms with Crippen LogP contribution in [0, 0.1) is 0 Å². The highest BCUT2D eigenvalue weighted by molar-refractivity contribution is 9.10. The monoisotopic (exact) mass is 306 g/mol.